The molecule has 0 unspecified atom stereocenters. The van der Waals surface area contributed by atoms with Crippen molar-refractivity contribution in [3.8, 4) is 0 Å². The van der Waals surface area contributed by atoms with Gasteiger partial charge in [-0.1, -0.05) is 38.7 Å². The highest BCUT2D eigenvalue weighted by Gasteiger charge is 2.23. The molecule has 25 heavy (non-hydrogen) atoms. The molecule has 0 saturated carbocycles. The Balaban J connectivity index is 3.06. The second-order valence-electron chi connectivity index (χ2n) is 6.06. The highest BCUT2D eigenvalue weighted by atomic mass is 32.2. The Morgan fingerprint density at radius 2 is 2.04 bits per heavy atom. The van der Waals surface area contributed by atoms with E-state index in [4.69, 9.17) is 4.18 Å². The van der Waals surface area contributed by atoms with E-state index < -0.39 is 10.1 Å². The summed E-state index contributed by atoms with van der Waals surface area (Å²) in [5.41, 5.74) is 1.86. The first-order valence-electron chi connectivity index (χ1n) is 7.90. The number of allylic oxidation sites excluding steroid dienone is 3. The molecule has 0 fully saturated rings. The summed E-state index contributed by atoms with van der Waals surface area (Å²) in [6.45, 7) is 8.26. The molecule has 0 bridgehead atoms. The summed E-state index contributed by atoms with van der Waals surface area (Å²) in [6, 6.07) is 5.97. The van der Waals surface area contributed by atoms with Crippen LogP contribution in [-0.2, 0) is 23.9 Å². The van der Waals surface area contributed by atoms with E-state index in [9.17, 15) is 8.42 Å². The van der Waals surface area contributed by atoms with Gasteiger partial charge in [0.2, 0.25) is 0 Å². The molecular formula is C18H27NO4S2. The molecule has 1 aromatic rings. The van der Waals surface area contributed by atoms with Crippen molar-refractivity contribution in [2.75, 3.05) is 31.8 Å². The van der Waals surface area contributed by atoms with Gasteiger partial charge < -0.3 is 9.50 Å². The van der Waals surface area contributed by atoms with E-state index in [1.165, 1.54) is 19.2 Å². The Hall–Kier alpha value is -1.28. The molecule has 1 rings (SSSR count). The SMILES string of the molecule is C=C/C=C/CC(C)(C)c1cc(SOC)ccc1NCCS(=O)(=O)OC. The van der Waals surface area contributed by atoms with Crippen molar-refractivity contribution in [1.82, 2.24) is 0 Å². The van der Waals surface area contributed by atoms with Crippen molar-refractivity contribution in [3.63, 3.8) is 0 Å². The number of anilines is 1. The smallest absolute Gasteiger partial charge is 0.268 e. The lowest BCUT2D eigenvalue weighted by Gasteiger charge is -2.27. The number of hydrogen-bond acceptors (Lipinski definition) is 6. The predicted molar refractivity (Wildman–Crippen MR) is 106 cm³/mol. The summed E-state index contributed by atoms with van der Waals surface area (Å²) in [6.07, 6.45) is 6.57. The predicted octanol–water partition coefficient (Wildman–Crippen LogP) is 4.14. The maximum atomic E-state index is 11.5. The highest BCUT2D eigenvalue weighted by Crippen LogP contribution is 2.36. The highest BCUT2D eigenvalue weighted by molar-refractivity contribution is 7.94. The zero-order chi connectivity index (χ0) is 18.9. The van der Waals surface area contributed by atoms with Gasteiger partial charge in [-0.05, 0) is 35.6 Å². The van der Waals surface area contributed by atoms with Crippen LogP contribution in [0, 0.1) is 0 Å². The average Bonchev–Trinajstić information content (AvgIpc) is 2.56. The molecule has 0 aliphatic rings. The van der Waals surface area contributed by atoms with Crippen molar-refractivity contribution in [2.24, 2.45) is 0 Å². The third kappa shape index (κ3) is 7.23. The Kier molecular flexibility index (Phi) is 8.71. The largest absolute Gasteiger partial charge is 0.384 e. The van der Waals surface area contributed by atoms with Crippen molar-refractivity contribution in [1.29, 1.82) is 0 Å². The fraction of sp³-hybridized carbons (Fsp3) is 0.444. The Bertz CT molecular complexity index is 697. The lowest BCUT2D eigenvalue weighted by molar-refractivity contribution is 0.398. The van der Waals surface area contributed by atoms with Gasteiger partial charge in [-0.25, -0.2) is 0 Å². The van der Waals surface area contributed by atoms with E-state index in [1.807, 2.05) is 18.2 Å². The van der Waals surface area contributed by atoms with Gasteiger partial charge in [0.15, 0.2) is 0 Å². The van der Waals surface area contributed by atoms with Crippen molar-refractivity contribution in [3.05, 3.63) is 48.6 Å². The minimum absolute atomic E-state index is 0.0890. The van der Waals surface area contributed by atoms with Gasteiger partial charge in [-0.2, -0.15) is 8.42 Å². The van der Waals surface area contributed by atoms with Crippen LogP contribution < -0.4 is 5.32 Å². The summed E-state index contributed by atoms with van der Waals surface area (Å²) in [7, 11) is -0.679. The summed E-state index contributed by atoms with van der Waals surface area (Å²) >= 11 is 1.30. The van der Waals surface area contributed by atoms with E-state index in [0.717, 1.165) is 22.6 Å². The quantitative estimate of drug-likeness (QED) is 0.351. The van der Waals surface area contributed by atoms with Crippen LogP contribution in [0.25, 0.3) is 0 Å². The number of rotatable bonds is 11. The number of benzene rings is 1. The van der Waals surface area contributed by atoms with Crippen LogP contribution in [0.5, 0.6) is 0 Å². The minimum Gasteiger partial charge on any atom is -0.384 e. The van der Waals surface area contributed by atoms with Gasteiger partial charge in [0.05, 0.1) is 20.0 Å². The monoisotopic (exact) mass is 385 g/mol. The van der Waals surface area contributed by atoms with Gasteiger partial charge in [0, 0.05) is 29.2 Å². The molecule has 0 aliphatic carbocycles. The Morgan fingerprint density at radius 3 is 2.64 bits per heavy atom. The van der Waals surface area contributed by atoms with Crippen molar-refractivity contribution < 1.29 is 16.8 Å². The molecule has 0 amide bonds. The number of hydrogen-bond donors (Lipinski definition) is 1. The van der Waals surface area contributed by atoms with Crippen LogP contribution >= 0.6 is 12.0 Å². The zero-order valence-corrected chi connectivity index (χ0v) is 16.9. The van der Waals surface area contributed by atoms with Crippen LogP contribution in [-0.4, -0.2) is 34.9 Å². The first-order chi connectivity index (χ1) is 11.8. The maximum Gasteiger partial charge on any atom is 0.268 e. The number of nitrogens with one attached hydrogen (secondary N) is 1. The van der Waals surface area contributed by atoms with Gasteiger partial charge >= 0.3 is 0 Å². The third-order valence-electron chi connectivity index (χ3n) is 3.72. The molecule has 7 heteroatoms. The third-order valence-corrected chi connectivity index (χ3v) is 5.55. The van der Waals surface area contributed by atoms with Crippen LogP contribution in [0.3, 0.4) is 0 Å². The van der Waals surface area contributed by atoms with E-state index >= 15 is 0 Å². The molecule has 0 heterocycles. The minimum atomic E-state index is -3.48. The molecular weight excluding hydrogens is 358 g/mol. The van der Waals surface area contributed by atoms with Crippen LogP contribution in [0.1, 0.15) is 25.8 Å². The second-order valence-corrected chi connectivity index (χ2v) is 8.89. The lowest BCUT2D eigenvalue weighted by atomic mass is 9.80. The Labute approximate surface area is 155 Å². The molecule has 0 spiro atoms. The Morgan fingerprint density at radius 1 is 1.32 bits per heavy atom. The van der Waals surface area contributed by atoms with Crippen LogP contribution in [0.15, 0.2) is 47.9 Å². The molecule has 0 saturated heterocycles. The van der Waals surface area contributed by atoms with Crippen molar-refractivity contribution >= 4 is 27.8 Å². The lowest BCUT2D eigenvalue weighted by Crippen LogP contribution is -2.21. The van der Waals surface area contributed by atoms with Crippen LogP contribution in [0.4, 0.5) is 5.69 Å². The van der Waals surface area contributed by atoms with E-state index in [2.05, 4.69) is 42.1 Å². The first-order valence-corrected chi connectivity index (χ1v) is 10.2. The standard InChI is InChI=1S/C18H27NO4S2/c1-6-7-8-11-18(2,3)16-14-15(24-22-4)9-10-17(16)19-12-13-25(20,21)23-5/h6-10,14,19H,1,11-13H2,2-5H3/b8-7+. The fourth-order valence-corrected chi connectivity index (χ4v) is 3.35. The molecule has 5 nitrogen and oxygen atoms in total. The van der Waals surface area contributed by atoms with Crippen LogP contribution in [0.2, 0.25) is 0 Å². The normalized spacial score (nSPS) is 12.5. The maximum absolute atomic E-state index is 11.5. The average molecular weight is 386 g/mol. The molecule has 1 aromatic carbocycles. The first kappa shape index (κ1) is 21.8. The molecule has 0 radical (unpaired) electrons. The van der Waals surface area contributed by atoms with E-state index in [-0.39, 0.29) is 17.7 Å². The summed E-state index contributed by atoms with van der Waals surface area (Å²) < 4.78 is 32.6. The molecule has 0 aliphatic heterocycles. The van der Waals surface area contributed by atoms with Crippen molar-refractivity contribution in [2.45, 2.75) is 30.6 Å². The fourth-order valence-electron chi connectivity index (χ4n) is 2.35. The molecule has 0 aromatic heterocycles. The molecule has 0 atom stereocenters. The second kappa shape index (κ2) is 10.0. The van der Waals surface area contributed by atoms with E-state index in [0.29, 0.717) is 0 Å². The van der Waals surface area contributed by atoms with Gasteiger partial charge in [-0.3, -0.25) is 4.18 Å². The summed E-state index contributed by atoms with van der Waals surface area (Å²) in [5, 5.41) is 3.22. The zero-order valence-electron chi connectivity index (χ0n) is 15.2. The van der Waals surface area contributed by atoms with Gasteiger partial charge in [0.1, 0.15) is 0 Å². The van der Waals surface area contributed by atoms with Gasteiger partial charge in [0.25, 0.3) is 10.1 Å². The summed E-state index contributed by atoms with van der Waals surface area (Å²) in [4.78, 5) is 0.994. The van der Waals surface area contributed by atoms with E-state index in [1.54, 1.807) is 13.2 Å². The summed E-state index contributed by atoms with van der Waals surface area (Å²) in [5.74, 6) is -0.0890. The molecule has 140 valence electrons. The molecule has 1 N–H and O–H groups in total. The van der Waals surface area contributed by atoms with Gasteiger partial charge in [-0.15, -0.1) is 0 Å². The topological polar surface area (TPSA) is 64.6 Å².